The Labute approximate surface area is 72.9 Å². The third kappa shape index (κ3) is 1.42. The summed E-state index contributed by atoms with van der Waals surface area (Å²) >= 11 is 0. The van der Waals surface area contributed by atoms with Gasteiger partial charge in [0.2, 0.25) is 0 Å². The van der Waals surface area contributed by atoms with Crippen LogP contribution < -0.4 is 0 Å². The molecule has 0 aromatic rings. The summed E-state index contributed by atoms with van der Waals surface area (Å²) in [5.74, 6) is -0.165. The molecule has 0 radical (unpaired) electrons. The second kappa shape index (κ2) is 3.57. The Kier molecular flexibility index (Phi) is 2.69. The number of hydrogen-bond donors (Lipinski definition) is 0. The zero-order valence-electron chi connectivity index (χ0n) is 7.38. The van der Waals surface area contributed by atoms with E-state index in [0.29, 0.717) is 0 Å². The van der Waals surface area contributed by atoms with Crippen molar-refractivity contribution in [3.05, 3.63) is 24.8 Å². The molecule has 0 aromatic heterocycles. The van der Waals surface area contributed by atoms with Crippen LogP contribution in [0.15, 0.2) is 24.8 Å². The van der Waals surface area contributed by atoms with E-state index in [0.717, 1.165) is 19.3 Å². The molecule has 1 aliphatic rings. The van der Waals surface area contributed by atoms with Gasteiger partial charge in [-0.15, -0.1) is 6.58 Å². The molecule has 0 amide bonds. The zero-order chi connectivity index (χ0) is 9.03. The fourth-order valence-electron chi connectivity index (χ4n) is 1.51. The van der Waals surface area contributed by atoms with Gasteiger partial charge in [-0.1, -0.05) is 18.2 Å². The van der Waals surface area contributed by atoms with Crippen LogP contribution in [0.1, 0.15) is 19.3 Å². The van der Waals surface area contributed by atoms with Crippen molar-refractivity contribution in [1.82, 2.24) is 0 Å². The molecule has 2 heteroatoms. The lowest BCUT2D eigenvalue weighted by Crippen LogP contribution is -2.30. The molecule has 0 fully saturated rings. The van der Waals surface area contributed by atoms with Crippen LogP contribution in [0.4, 0.5) is 0 Å². The van der Waals surface area contributed by atoms with Gasteiger partial charge >= 0.3 is 5.97 Å². The number of ether oxygens (including phenoxy) is 1. The highest BCUT2D eigenvalue weighted by Gasteiger charge is 2.35. The Bertz CT molecular complexity index is 218. The Hall–Kier alpha value is -1.05. The Morgan fingerprint density at radius 3 is 2.83 bits per heavy atom. The van der Waals surface area contributed by atoms with Crippen molar-refractivity contribution in [1.29, 1.82) is 0 Å². The van der Waals surface area contributed by atoms with Crippen molar-refractivity contribution in [2.45, 2.75) is 19.3 Å². The Morgan fingerprint density at radius 2 is 2.42 bits per heavy atom. The first-order valence-corrected chi connectivity index (χ1v) is 4.12. The minimum Gasteiger partial charge on any atom is -0.468 e. The van der Waals surface area contributed by atoms with Crippen molar-refractivity contribution in [2.24, 2.45) is 5.41 Å². The number of methoxy groups -OCH3 is 1. The molecule has 66 valence electrons. The Morgan fingerprint density at radius 1 is 1.67 bits per heavy atom. The monoisotopic (exact) mass is 166 g/mol. The van der Waals surface area contributed by atoms with Crippen molar-refractivity contribution >= 4 is 5.97 Å². The van der Waals surface area contributed by atoms with Gasteiger partial charge in [-0.25, -0.2) is 0 Å². The highest BCUT2D eigenvalue weighted by Crippen LogP contribution is 2.34. The maximum atomic E-state index is 11.4. The molecular formula is C10H14O2. The Balaban J connectivity index is 2.81. The van der Waals surface area contributed by atoms with Crippen LogP contribution in [0.25, 0.3) is 0 Å². The second-order valence-electron chi connectivity index (χ2n) is 3.07. The molecular weight excluding hydrogens is 152 g/mol. The predicted molar refractivity (Wildman–Crippen MR) is 47.6 cm³/mol. The van der Waals surface area contributed by atoms with Gasteiger partial charge in [0, 0.05) is 0 Å². The first-order chi connectivity index (χ1) is 5.75. The molecule has 0 bridgehead atoms. The molecule has 1 atom stereocenters. The molecule has 1 unspecified atom stereocenters. The fraction of sp³-hybridized carbons (Fsp3) is 0.500. The summed E-state index contributed by atoms with van der Waals surface area (Å²) in [7, 11) is 1.42. The van der Waals surface area contributed by atoms with Gasteiger partial charge in [0.25, 0.3) is 0 Å². The molecule has 0 saturated carbocycles. The molecule has 1 aliphatic carbocycles. The van der Waals surface area contributed by atoms with Crippen LogP contribution >= 0.6 is 0 Å². The van der Waals surface area contributed by atoms with Crippen LogP contribution in [0.3, 0.4) is 0 Å². The predicted octanol–water partition coefficient (Wildman–Crippen LogP) is 2.07. The van der Waals surface area contributed by atoms with E-state index >= 15 is 0 Å². The number of carbonyl (C=O) groups is 1. The first-order valence-electron chi connectivity index (χ1n) is 4.12. The summed E-state index contributed by atoms with van der Waals surface area (Å²) in [6, 6.07) is 0. The number of carbonyl (C=O) groups excluding carboxylic acids is 1. The molecule has 0 heterocycles. The fourth-order valence-corrected chi connectivity index (χ4v) is 1.51. The first kappa shape index (κ1) is 9.04. The van der Waals surface area contributed by atoms with E-state index in [-0.39, 0.29) is 5.97 Å². The van der Waals surface area contributed by atoms with Gasteiger partial charge in [-0.2, -0.15) is 0 Å². The van der Waals surface area contributed by atoms with Crippen LogP contribution in [0.2, 0.25) is 0 Å². The largest absolute Gasteiger partial charge is 0.468 e. The molecule has 0 aliphatic heterocycles. The van der Waals surface area contributed by atoms with Crippen molar-refractivity contribution in [3.8, 4) is 0 Å². The third-order valence-corrected chi connectivity index (χ3v) is 2.39. The average molecular weight is 166 g/mol. The smallest absolute Gasteiger partial charge is 0.315 e. The summed E-state index contributed by atoms with van der Waals surface area (Å²) in [6.45, 7) is 3.69. The van der Waals surface area contributed by atoms with E-state index in [9.17, 15) is 4.79 Å². The van der Waals surface area contributed by atoms with Gasteiger partial charge in [0.05, 0.1) is 12.5 Å². The van der Waals surface area contributed by atoms with Crippen LogP contribution in [0, 0.1) is 5.41 Å². The lowest BCUT2D eigenvalue weighted by atomic mass is 9.77. The van der Waals surface area contributed by atoms with E-state index in [1.165, 1.54) is 7.11 Å². The van der Waals surface area contributed by atoms with Gasteiger partial charge in [0.15, 0.2) is 0 Å². The minimum atomic E-state index is -0.455. The van der Waals surface area contributed by atoms with Crippen molar-refractivity contribution in [3.63, 3.8) is 0 Å². The summed E-state index contributed by atoms with van der Waals surface area (Å²) in [5, 5.41) is 0. The maximum Gasteiger partial charge on any atom is 0.315 e. The summed E-state index contributed by atoms with van der Waals surface area (Å²) in [4.78, 5) is 11.4. The van der Waals surface area contributed by atoms with Gasteiger partial charge < -0.3 is 4.74 Å². The lowest BCUT2D eigenvalue weighted by Gasteiger charge is -2.28. The molecule has 1 rings (SSSR count). The quantitative estimate of drug-likeness (QED) is 0.463. The van der Waals surface area contributed by atoms with E-state index < -0.39 is 5.41 Å². The lowest BCUT2D eigenvalue weighted by molar-refractivity contribution is -0.150. The summed E-state index contributed by atoms with van der Waals surface area (Å²) < 4.78 is 4.74. The van der Waals surface area contributed by atoms with Crippen LogP contribution in [-0.4, -0.2) is 13.1 Å². The maximum absolute atomic E-state index is 11.4. The van der Waals surface area contributed by atoms with Gasteiger partial charge in [0.1, 0.15) is 0 Å². The van der Waals surface area contributed by atoms with Crippen LogP contribution in [-0.2, 0) is 9.53 Å². The van der Waals surface area contributed by atoms with Crippen molar-refractivity contribution in [2.75, 3.05) is 7.11 Å². The van der Waals surface area contributed by atoms with Gasteiger partial charge in [-0.3, -0.25) is 4.79 Å². The molecule has 0 N–H and O–H groups in total. The second-order valence-corrected chi connectivity index (χ2v) is 3.07. The van der Waals surface area contributed by atoms with E-state index in [4.69, 9.17) is 4.74 Å². The summed E-state index contributed by atoms with van der Waals surface area (Å²) in [6.07, 6.45) is 8.29. The number of rotatable bonds is 2. The zero-order valence-corrected chi connectivity index (χ0v) is 7.38. The molecule has 0 aromatic carbocycles. The van der Waals surface area contributed by atoms with E-state index in [2.05, 4.69) is 12.7 Å². The highest BCUT2D eigenvalue weighted by atomic mass is 16.5. The topological polar surface area (TPSA) is 26.3 Å². The standard InChI is InChI=1S/C10H14O2/c1-3-10(9(11)12-2)7-5-4-6-8-10/h3-5H,1,6-8H2,2H3. The average Bonchev–Trinajstić information content (AvgIpc) is 2.17. The molecule has 0 spiro atoms. The molecule has 0 saturated heterocycles. The third-order valence-electron chi connectivity index (χ3n) is 2.39. The molecule has 12 heavy (non-hydrogen) atoms. The molecule has 2 nitrogen and oxygen atoms in total. The highest BCUT2D eigenvalue weighted by molar-refractivity contribution is 5.79. The van der Waals surface area contributed by atoms with Crippen molar-refractivity contribution < 1.29 is 9.53 Å². The normalized spacial score (nSPS) is 28.1. The number of allylic oxidation sites excluding steroid dienone is 2. The van der Waals surface area contributed by atoms with Gasteiger partial charge in [-0.05, 0) is 19.3 Å². The number of esters is 1. The van der Waals surface area contributed by atoms with Crippen LogP contribution in [0.5, 0.6) is 0 Å². The number of hydrogen-bond acceptors (Lipinski definition) is 2. The SMILES string of the molecule is C=CC1(C(=O)OC)CC=CCC1. The summed E-state index contributed by atoms with van der Waals surface area (Å²) in [5.41, 5.74) is -0.455. The van der Waals surface area contributed by atoms with E-state index in [1.54, 1.807) is 6.08 Å². The minimum absolute atomic E-state index is 0.165. The van der Waals surface area contributed by atoms with E-state index in [1.807, 2.05) is 6.08 Å².